The SMILES string of the molecule is O=C(c1cc2c(Cl)cc([C@H]3CCCNC3)c(F)c2[nH]1)N1CCC1. The predicted molar refractivity (Wildman–Crippen MR) is 88.6 cm³/mol. The van der Waals surface area contributed by atoms with E-state index in [1.165, 1.54) is 0 Å². The number of rotatable bonds is 2. The molecular formula is C17H19ClFN3O. The molecule has 4 rings (SSSR count). The van der Waals surface area contributed by atoms with Crippen molar-refractivity contribution in [2.75, 3.05) is 26.2 Å². The van der Waals surface area contributed by atoms with Crippen LogP contribution in [0.25, 0.3) is 10.9 Å². The maximum Gasteiger partial charge on any atom is 0.270 e. The summed E-state index contributed by atoms with van der Waals surface area (Å²) in [6, 6.07) is 3.40. The van der Waals surface area contributed by atoms with Gasteiger partial charge in [0.25, 0.3) is 5.91 Å². The number of amides is 1. The summed E-state index contributed by atoms with van der Waals surface area (Å²) in [4.78, 5) is 17.0. The van der Waals surface area contributed by atoms with Gasteiger partial charge in [-0.3, -0.25) is 4.79 Å². The van der Waals surface area contributed by atoms with Gasteiger partial charge >= 0.3 is 0 Å². The van der Waals surface area contributed by atoms with Crippen LogP contribution in [0, 0.1) is 5.82 Å². The molecule has 1 aromatic heterocycles. The van der Waals surface area contributed by atoms with Gasteiger partial charge in [-0.1, -0.05) is 11.6 Å². The molecule has 1 aromatic carbocycles. The molecule has 3 heterocycles. The average molecular weight is 336 g/mol. The van der Waals surface area contributed by atoms with Crippen molar-refractivity contribution in [3.63, 3.8) is 0 Å². The van der Waals surface area contributed by atoms with Crippen LogP contribution in [-0.2, 0) is 0 Å². The Kier molecular flexibility index (Phi) is 3.77. The molecule has 0 bridgehead atoms. The van der Waals surface area contributed by atoms with Gasteiger partial charge in [0, 0.05) is 25.0 Å². The molecule has 2 aromatic rings. The first kappa shape index (κ1) is 15.0. The minimum Gasteiger partial charge on any atom is -0.348 e. The predicted octanol–water partition coefficient (Wildman–Crippen LogP) is 3.27. The van der Waals surface area contributed by atoms with Crippen molar-refractivity contribution in [2.24, 2.45) is 0 Å². The van der Waals surface area contributed by atoms with Crippen LogP contribution >= 0.6 is 11.6 Å². The first-order valence-corrected chi connectivity index (χ1v) is 8.53. The number of nitrogens with zero attached hydrogens (tertiary/aromatic N) is 1. The fourth-order valence-corrected chi connectivity index (χ4v) is 3.72. The molecule has 2 aliphatic rings. The minimum atomic E-state index is -0.277. The van der Waals surface area contributed by atoms with Crippen LogP contribution in [0.1, 0.15) is 41.2 Å². The summed E-state index contributed by atoms with van der Waals surface area (Å²) in [5, 5.41) is 4.39. The highest BCUT2D eigenvalue weighted by molar-refractivity contribution is 6.35. The Labute approximate surface area is 139 Å². The van der Waals surface area contributed by atoms with E-state index in [2.05, 4.69) is 10.3 Å². The van der Waals surface area contributed by atoms with Gasteiger partial charge in [0.05, 0.1) is 10.5 Å². The number of aromatic amines is 1. The lowest BCUT2D eigenvalue weighted by Crippen LogP contribution is -2.42. The number of nitrogens with one attached hydrogen (secondary N) is 2. The van der Waals surface area contributed by atoms with Crippen LogP contribution in [0.4, 0.5) is 4.39 Å². The molecule has 0 unspecified atom stereocenters. The summed E-state index contributed by atoms with van der Waals surface area (Å²) in [5.41, 5.74) is 1.40. The van der Waals surface area contributed by atoms with Crippen LogP contribution in [0.5, 0.6) is 0 Å². The van der Waals surface area contributed by atoms with Gasteiger partial charge in [0.15, 0.2) is 5.82 Å². The van der Waals surface area contributed by atoms with Crippen molar-refractivity contribution in [3.05, 3.63) is 34.2 Å². The van der Waals surface area contributed by atoms with E-state index in [1.54, 1.807) is 17.0 Å². The van der Waals surface area contributed by atoms with Crippen molar-refractivity contribution in [1.82, 2.24) is 15.2 Å². The molecule has 1 atom stereocenters. The number of likely N-dealkylation sites (tertiary alicyclic amines) is 1. The second-order valence-corrected chi connectivity index (χ2v) is 6.83. The topological polar surface area (TPSA) is 48.1 Å². The van der Waals surface area contributed by atoms with E-state index in [0.717, 1.165) is 45.4 Å². The number of halogens is 2. The van der Waals surface area contributed by atoms with Crippen molar-refractivity contribution >= 4 is 28.4 Å². The van der Waals surface area contributed by atoms with Crippen LogP contribution in [0.3, 0.4) is 0 Å². The van der Waals surface area contributed by atoms with E-state index in [0.29, 0.717) is 27.2 Å². The third-order valence-corrected chi connectivity index (χ3v) is 5.25. The van der Waals surface area contributed by atoms with Crippen LogP contribution in [0.2, 0.25) is 5.02 Å². The summed E-state index contributed by atoms with van der Waals surface area (Å²) in [7, 11) is 0. The maximum absolute atomic E-state index is 15.0. The fraction of sp³-hybridized carbons (Fsp3) is 0.471. The average Bonchev–Trinajstić information content (AvgIpc) is 2.96. The number of carbonyl (C=O) groups excluding carboxylic acids is 1. The zero-order valence-corrected chi connectivity index (χ0v) is 13.5. The van der Waals surface area contributed by atoms with E-state index in [4.69, 9.17) is 11.6 Å². The lowest BCUT2D eigenvalue weighted by atomic mass is 9.90. The van der Waals surface area contributed by atoms with Crippen LogP contribution in [0.15, 0.2) is 12.1 Å². The number of piperidine rings is 1. The molecule has 6 heteroatoms. The molecule has 2 fully saturated rings. The second-order valence-electron chi connectivity index (χ2n) is 6.42. The van der Waals surface area contributed by atoms with Crippen LogP contribution < -0.4 is 5.32 Å². The molecule has 0 spiro atoms. The number of benzene rings is 1. The highest BCUT2D eigenvalue weighted by atomic mass is 35.5. The summed E-state index contributed by atoms with van der Waals surface area (Å²) < 4.78 is 15.0. The first-order valence-electron chi connectivity index (χ1n) is 8.16. The molecule has 23 heavy (non-hydrogen) atoms. The molecule has 122 valence electrons. The Bertz CT molecular complexity index is 763. The Morgan fingerprint density at radius 2 is 2.13 bits per heavy atom. The molecule has 0 aliphatic carbocycles. The van der Waals surface area contributed by atoms with Crippen molar-refractivity contribution < 1.29 is 9.18 Å². The number of hydrogen-bond donors (Lipinski definition) is 2. The molecule has 0 saturated carbocycles. The molecule has 2 aliphatic heterocycles. The molecule has 2 saturated heterocycles. The number of H-pyrrole nitrogens is 1. The van der Waals surface area contributed by atoms with Crippen LogP contribution in [-0.4, -0.2) is 42.0 Å². The summed E-state index contributed by atoms with van der Waals surface area (Å²) in [6.07, 6.45) is 3.01. The van der Waals surface area contributed by atoms with Crippen molar-refractivity contribution in [3.8, 4) is 0 Å². The Balaban J connectivity index is 1.76. The number of aromatic nitrogens is 1. The normalized spacial score (nSPS) is 21.5. The lowest BCUT2D eigenvalue weighted by molar-refractivity contribution is 0.0646. The highest BCUT2D eigenvalue weighted by Crippen LogP contribution is 2.35. The van der Waals surface area contributed by atoms with E-state index >= 15 is 0 Å². The third kappa shape index (κ3) is 2.52. The minimum absolute atomic E-state index is 0.0798. The van der Waals surface area contributed by atoms with Gasteiger partial charge in [-0.15, -0.1) is 0 Å². The Morgan fingerprint density at radius 3 is 2.78 bits per heavy atom. The Hall–Kier alpha value is -1.59. The van der Waals surface area contributed by atoms with Gasteiger partial charge in [-0.25, -0.2) is 4.39 Å². The van der Waals surface area contributed by atoms with Gasteiger partial charge in [-0.05, 0) is 49.4 Å². The zero-order chi connectivity index (χ0) is 16.0. The Morgan fingerprint density at radius 1 is 1.30 bits per heavy atom. The molecule has 2 N–H and O–H groups in total. The van der Waals surface area contributed by atoms with Gasteiger partial charge in [0.2, 0.25) is 0 Å². The van der Waals surface area contributed by atoms with Crippen molar-refractivity contribution in [1.29, 1.82) is 0 Å². The van der Waals surface area contributed by atoms with Crippen molar-refractivity contribution in [2.45, 2.75) is 25.2 Å². The number of fused-ring (bicyclic) bond motifs is 1. The summed E-state index contributed by atoms with van der Waals surface area (Å²) in [5.74, 6) is -0.229. The standard InChI is InChI=1S/C17H19ClFN3O/c18-13-7-11(10-3-1-4-20-9-10)15(19)16-12(13)8-14(21-16)17(23)22-5-2-6-22/h7-8,10,20-21H,1-6,9H2/t10-/m0/s1. The van der Waals surface area contributed by atoms with Gasteiger partial charge in [-0.2, -0.15) is 0 Å². The monoisotopic (exact) mass is 335 g/mol. The highest BCUT2D eigenvalue weighted by Gasteiger charge is 2.26. The third-order valence-electron chi connectivity index (χ3n) is 4.94. The summed E-state index contributed by atoms with van der Waals surface area (Å²) in [6.45, 7) is 3.27. The van der Waals surface area contributed by atoms with Gasteiger partial charge in [0.1, 0.15) is 5.69 Å². The first-order chi connectivity index (χ1) is 11.1. The smallest absolute Gasteiger partial charge is 0.270 e. The fourth-order valence-electron chi connectivity index (χ4n) is 3.46. The van der Waals surface area contributed by atoms with Gasteiger partial charge < -0.3 is 15.2 Å². The molecule has 1 amide bonds. The largest absolute Gasteiger partial charge is 0.348 e. The summed E-state index contributed by atoms with van der Waals surface area (Å²) >= 11 is 6.37. The quantitative estimate of drug-likeness (QED) is 0.885. The lowest BCUT2D eigenvalue weighted by Gasteiger charge is -2.30. The maximum atomic E-state index is 15.0. The number of hydrogen-bond acceptors (Lipinski definition) is 2. The number of carbonyl (C=O) groups is 1. The van der Waals surface area contributed by atoms with E-state index in [-0.39, 0.29) is 17.6 Å². The van der Waals surface area contributed by atoms with E-state index < -0.39 is 0 Å². The second kappa shape index (κ2) is 5.80. The molecule has 0 radical (unpaired) electrons. The molecular weight excluding hydrogens is 317 g/mol. The van der Waals surface area contributed by atoms with E-state index in [9.17, 15) is 9.18 Å². The van der Waals surface area contributed by atoms with E-state index in [1.807, 2.05) is 0 Å². The molecule has 4 nitrogen and oxygen atoms in total. The zero-order valence-electron chi connectivity index (χ0n) is 12.8.